The molecule has 2 aliphatic rings. The molecule has 0 aliphatic heterocycles. The normalized spacial score (nSPS) is 34.4. The van der Waals surface area contributed by atoms with Crippen molar-refractivity contribution in [3.8, 4) is 0 Å². The van der Waals surface area contributed by atoms with Crippen molar-refractivity contribution >= 4 is 11.9 Å². The van der Waals surface area contributed by atoms with Gasteiger partial charge in [-0.3, -0.25) is 9.59 Å². The second kappa shape index (κ2) is 5.17. The van der Waals surface area contributed by atoms with Crippen LogP contribution in [0.3, 0.4) is 0 Å². The van der Waals surface area contributed by atoms with Crippen molar-refractivity contribution in [1.82, 2.24) is 5.32 Å². The van der Waals surface area contributed by atoms with Crippen LogP contribution >= 0.6 is 0 Å². The van der Waals surface area contributed by atoms with Gasteiger partial charge in [0.05, 0.1) is 11.8 Å². The Morgan fingerprint density at radius 2 is 1.76 bits per heavy atom. The summed E-state index contributed by atoms with van der Waals surface area (Å²) in [5.74, 6) is -1.73. The van der Waals surface area contributed by atoms with Gasteiger partial charge in [0, 0.05) is 6.04 Å². The van der Waals surface area contributed by atoms with E-state index in [1.807, 2.05) is 18.2 Å². The third-order valence-corrected chi connectivity index (χ3v) is 5.14. The van der Waals surface area contributed by atoms with E-state index in [4.69, 9.17) is 5.11 Å². The quantitative estimate of drug-likeness (QED) is 0.893. The molecule has 0 spiro atoms. The molecule has 1 amide bonds. The molecule has 2 N–H and O–H groups in total. The topological polar surface area (TPSA) is 66.4 Å². The van der Waals surface area contributed by atoms with Crippen LogP contribution in [0.1, 0.15) is 38.2 Å². The van der Waals surface area contributed by atoms with Crippen molar-refractivity contribution in [1.29, 1.82) is 0 Å². The van der Waals surface area contributed by atoms with E-state index in [0.717, 1.165) is 12.8 Å². The number of nitrogens with one attached hydrogen (secondary N) is 1. The van der Waals surface area contributed by atoms with Crippen molar-refractivity contribution in [3.05, 3.63) is 35.9 Å². The van der Waals surface area contributed by atoms with Crippen molar-refractivity contribution in [3.63, 3.8) is 0 Å². The number of hydrogen-bond donors (Lipinski definition) is 2. The van der Waals surface area contributed by atoms with E-state index in [1.54, 1.807) is 0 Å². The molecule has 3 rings (SSSR count). The summed E-state index contributed by atoms with van der Waals surface area (Å²) in [7, 11) is 0. The Labute approximate surface area is 124 Å². The molecule has 0 aromatic heterocycles. The molecule has 2 atom stereocenters. The van der Waals surface area contributed by atoms with Gasteiger partial charge in [0.15, 0.2) is 0 Å². The highest BCUT2D eigenvalue weighted by atomic mass is 16.4. The lowest BCUT2D eigenvalue weighted by Gasteiger charge is -2.47. The summed E-state index contributed by atoms with van der Waals surface area (Å²) < 4.78 is 0. The molecule has 21 heavy (non-hydrogen) atoms. The van der Waals surface area contributed by atoms with E-state index in [2.05, 4.69) is 24.4 Å². The van der Waals surface area contributed by atoms with E-state index in [1.165, 1.54) is 5.56 Å². The monoisotopic (exact) mass is 287 g/mol. The summed E-state index contributed by atoms with van der Waals surface area (Å²) in [6.45, 7) is 2.22. The van der Waals surface area contributed by atoms with Crippen LogP contribution in [0.4, 0.5) is 0 Å². The molecule has 1 aromatic carbocycles. The van der Waals surface area contributed by atoms with Crippen LogP contribution in [-0.4, -0.2) is 23.0 Å². The summed E-state index contributed by atoms with van der Waals surface area (Å²) >= 11 is 0. The standard InChI is InChI=1S/C17H21NO3/c1-17(11-5-3-2-4-6-11)9-12(10-17)18-15(19)13-7-8-14(13)16(20)21/h2-6,12-14H,7-10H2,1H3,(H,18,19)(H,20,21). The van der Waals surface area contributed by atoms with Gasteiger partial charge in [-0.15, -0.1) is 0 Å². The summed E-state index contributed by atoms with van der Waals surface area (Å²) in [5, 5.41) is 12.0. The van der Waals surface area contributed by atoms with E-state index in [-0.39, 0.29) is 23.3 Å². The Bertz CT molecular complexity index is 548. The third-order valence-electron chi connectivity index (χ3n) is 5.14. The minimum atomic E-state index is -0.843. The molecule has 1 aromatic rings. The Morgan fingerprint density at radius 3 is 2.29 bits per heavy atom. The second-order valence-corrected chi connectivity index (χ2v) is 6.67. The Balaban J connectivity index is 1.53. The largest absolute Gasteiger partial charge is 0.481 e. The van der Waals surface area contributed by atoms with Crippen molar-refractivity contribution in [2.24, 2.45) is 11.8 Å². The number of hydrogen-bond acceptors (Lipinski definition) is 2. The smallest absolute Gasteiger partial charge is 0.307 e. The van der Waals surface area contributed by atoms with Crippen LogP contribution in [-0.2, 0) is 15.0 Å². The van der Waals surface area contributed by atoms with Gasteiger partial charge in [0.2, 0.25) is 5.91 Å². The SMILES string of the molecule is CC1(c2ccccc2)CC(NC(=O)C2CCC2C(=O)O)C1. The molecular formula is C17H21NO3. The molecule has 2 aliphatic carbocycles. The van der Waals surface area contributed by atoms with Crippen molar-refractivity contribution in [2.45, 2.75) is 44.1 Å². The zero-order valence-electron chi connectivity index (χ0n) is 12.2. The van der Waals surface area contributed by atoms with Crippen LogP contribution in [0.15, 0.2) is 30.3 Å². The van der Waals surface area contributed by atoms with Gasteiger partial charge in [-0.05, 0) is 36.7 Å². The summed E-state index contributed by atoms with van der Waals surface area (Å²) in [4.78, 5) is 23.1. The van der Waals surface area contributed by atoms with Gasteiger partial charge in [0.1, 0.15) is 0 Å². The van der Waals surface area contributed by atoms with Crippen LogP contribution in [0.2, 0.25) is 0 Å². The molecule has 0 saturated heterocycles. The summed E-state index contributed by atoms with van der Waals surface area (Å²) in [5.41, 5.74) is 1.44. The van der Waals surface area contributed by atoms with Crippen molar-refractivity contribution < 1.29 is 14.7 Å². The van der Waals surface area contributed by atoms with E-state index in [9.17, 15) is 9.59 Å². The predicted octanol–water partition coefficient (Wildman–Crippen LogP) is 2.33. The molecule has 0 radical (unpaired) electrons. The molecule has 4 heteroatoms. The van der Waals surface area contributed by atoms with Gasteiger partial charge in [-0.1, -0.05) is 37.3 Å². The van der Waals surface area contributed by atoms with Gasteiger partial charge >= 0.3 is 5.97 Å². The fourth-order valence-corrected chi connectivity index (χ4v) is 3.62. The van der Waals surface area contributed by atoms with Crippen LogP contribution in [0.5, 0.6) is 0 Å². The van der Waals surface area contributed by atoms with Gasteiger partial charge in [0.25, 0.3) is 0 Å². The summed E-state index contributed by atoms with van der Waals surface area (Å²) in [6, 6.07) is 10.5. The molecular weight excluding hydrogens is 266 g/mol. The average Bonchev–Trinajstić information content (AvgIpc) is 2.35. The highest BCUT2D eigenvalue weighted by Crippen LogP contribution is 2.44. The fourth-order valence-electron chi connectivity index (χ4n) is 3.62. The van der Waals surface area contributed by atoms with Crippen LogP contribution in [0, 0.1) is 11.8 Å². The lowest BCUT2D eigenvalue weighted by atomic mass is 9.62. The first kappa shape index (κ1) is 14.1. The number of carbonyl (C=O) groups excluding carboxylic acids is 1. The second-order valence-electron chi connectivity index (χ2n) is 6.67. The third kappa shape index (κ3) is 2.55. The highest BCUT2D eigenvalue weighted by Gasteiger charge is 2.46. The van der Waals surface area contributed by atoms with Gasteiger partial charge < -0.3 is 10.4 Å². The number of carboxylic acids is 1. The zero-order valence-corrected chi connectivity index (χ0v) is 12.2. The fraction of sp³-hybridized carbons (Fsp3) is 0.529. The zero-order chi connectivity index (χ0) is 15.0. The maximum atomic E-state index is 12.1. The first-order chi connectivity index (χ1) is 9.99. The first-order valence-electron chi connectivity index (χ1n) is 7.58. The number of carbonyl (C=O) groups is 2. The van der Waals surface area contributed by atoms with E-state index in [0.29, 0.717) is 12.8 Å². The lowest BCUT2D eigenvalue weighted by molar-refractivity contribution is -0.153. The minimum Gasteiger partial charge on any atom is -0.481 e. The minimum absolute atomic E-state index is 0.0752. The van der Waals surface area contributed by atoms with Crippen LogP contribution < -0.4 is 5.32 Å². The lowest BCUT2D eigenvalue weighted by Crippen LogP contribution is -2.55. The highest BCUT2D eigenvalue weighted by molar-refractivity contribution is 5.86. The molecule has 4 nitrogen and oxygen atoms in total. The maximum Gasteiger partial charge on any atom is 0.307 e. The molecule has 2 fully saturated rings. The molecule has 2 unspecified atom stereocenters. The van der Waals surface area contributed by atoms with E-state index < -0.39 is 11.9 Å². The first-order valence-corrected chi connectivity index (χ1v) is 7.58. The number of carboxylic acid groups (broad SMARTS) is 1. The van der Waals surface area contributed by atoms with Gasteiger partial charge in [-0.2, -0.15) is 0 Å². The molecule has 2 saturated carbocycles. The van der Waals surface area contributed by atoms with Crippen molar-refractivity contribution in [2.75, 3.05) is 0 Å². The Hall–Kier alpha value is -1.84. The maximum absolute atomic E-state index is 12.1. The van der Waals surface area contributed by atoms with Crippen LogP contribution in [0.25, 0.3) is 0 Å². The molecule has 112 valence electrons. The number of benzene rings is 1. The Kier molecular flexibility index (Phi) is 3.47. The predicted molar refractivity (Wildman–Crippen MR) is 78.8 cm³/mol. The molecule has 0 heterocycles. The average molecular weight is 287 g/mol. The number of rotatable bonds is 4. The number of aliphatic carboxylic acids is 1. The van der Waals surface area contributed by atoms with Gasteiger partial charge in [-0.25, -0.2) is 0 Å². The Morgan fingerprint density at radius 1 is 1.14 bits per heavy atom. The molecule has 0 bridgehead atoms. The number of amides is 1. The summed E-state index contributed by atoms with van der Waals surface area (Å²) in [6.07, 6.45) is 3.17. The van der Waals surface area contributed by atoms with E-state index >= 15 is 0 Å².